The molecule has 0 aliphatic heterocycles. The maximum atomic E-state index is 11.9. The minimum Gasteiger partial charge on any atom is -0.481 e. The predicted molar refractivity (Wildman–Crippen MR) is 71.2 cm³/mol. The van der Waals surface area contributed by atoms with Crippen LogP contribution in [0, 0.1) is 6.92 Å². The lowest BCUT2D eigenvalue weighted by atomic mass is 10.3. The number of carboxylic acids is 1. The smallest absolute Gasteiger partial charge is 0.303 e. The van der Waals surface area contributed by atoms with Crippen LogP contribution < -0.4 is 0 Å². The molecule has 0 aromatic carbocycles. The number of hydrogen-bond acceptors (Lipinski definition) is 4. The number of nitrogens with zero attached hydrogens (tertiary/aromatic N) is 1. The van der Waals surface area contributed by atoms with Crippen molar-refractivity contribution >= 4 is 27.3 Å². The Hall–Kier alpha value is -0.920. The van der Waals surface area contributed by atoms with E-state index in [0.29, 0.717) is 6.54 Å². The normalized spacial score (nSPS) is 11.9. The van der Waals surface area contributed by atoms with Crippen molar-refractivity contribution < 1.29 is 18.3 Å². The fraction of sp³-hybridized carbons (Fsp3) is 0.545. The van der Waals surface area contributed by atoms with Crippen LogP contribution in [0.1, 0.15) is 23.3 Å². The predicted octanol–water partition coefficient (Wildman–Crippen LogP) is 1.68. The van der Waals surface area contributed by atoms with Gasteiger partial charge in [0.1, 0.15) is 0 Å². The fourth-order valence-electron chi connectivity index (χ4n) is 1.43. The third-order valence-corrected chi connectivity index (χ3v) is 5.49. The summed E-state index contributed by atoms with van der Waals surface area (Å²) < 4.78 is 25.1. The lowest BCUT2D eigenvalue weighted by Gasteiger charge is -2.16. The van der Waals surface area contributed by atoms with Gasteiger partial charge >= 0.3 is 5.97 Å². The molecule has 1 N–H and O–H groups in total. The van der Waals surface area contributed by atoms with Crippen molar-refractivity contribution in [2.45, 2.75) is 26.3 Å². The van der Waals surface area contributed by atoms with Gasteiger partial charge in [-0.25, -0.2) is 8.42 Å². The van der Waals surface area contributed by atoms with Gasteiger partial charge in [0.05, 0.1) is 5.75 Å². The first kappa shape index (κ1) is 15.1. The molecule has 1 heterocycles. The van der Waals surface area contributed by atoms with Gasteiger partial charge in [-0.15, -0.1) is 11.3 Å². The molecule has 0 aliphatic carbocycles. The van der Waals surface area contributed by atoms with E-state index in [-0.39, 0.29) is 18.6 Å². The number of sulfonamides is 1. The summed E-state index contributed by atoms with van der Waals surface area (Å²) >= 11 is 1.52. The molecule has 0 atom stereocenters. The summed E-state index contributed by atoms with van der Waals surface area (Å²) in [6.45, 7) is 2.29. The van der Waals surface area contributed by atoms with Crippen molar-refractivity contribution in [2.24, 2.45) is 0 Å². The zero-order chi connectivity index (χ0) is 13.8. The largest absolute Gasteiger partial charge is 0.481 e. The molecule has 0 aliphatic rings. The van der Waals surface area contributed by atoms with Gasteiger partial charge in [-0.05, 0) is 30.4 Å². The van der Waals surface area contributed by atoms with Gasteiger partial charge in [0.25, 0.3) is 0 Å². The topological polar surface area (TPSA) is 74.7 Å². The number of hydrogen-bond donors (Lipinski definition) is 1. The molecule has 1 aromatic rings. The molecule has 102 valence electrons. The number of thiophene rings is 1. The maximum Gasteiger partial charge on any atom is 0.303 e. The van der Waals surface area contributed by atoms with E-state index in [1.54, 1.807) is 0 Å². The quantitative estimate of drug-likeness (QED) is 0.829. The number of rotatable bonds is 7. The average Bonchev–Trinajstić information content (AvgIpc) is 2.63. The van der Waals surface area contributed by atoms with Gasteiger partial charge in [-0.3, -0.25) is 4.79 Å². The number of carboxylic acid groups (broad SMARTS) is 1. The highest BCUT2D eigenvalue weighted by atomic mass is 32.2. The van der Waals surface area contributed by atoms with E-state index in [1.807, 2.05) is 18.4 Å². The van der Waals surface area contributed by atoms with Crippen molar-refractivity contribution in [1.82, 2.24) is 4.31 Å². The Labute approximate surface area is 111 Å². The Morgan fingerprint density at radius 3 is 2.67 bits per heavy atom. The molecule has 0 amide bonds. The van der Waals surface area contributed by atoms with Gasteiger partial charge in [0.15, 0.2) is 0 Å². The Morgan fingerprint density at radius 2 is 2.17 bits per heavy atom. The van der Waals surface area contributed by atoms with E-state index in [2.05, 4.69) is 0 Å². The fourth-order valence-corrected chi connectivity index (χ4v) is 3.62. The van der Waals surface area contributed by atoms with Crippen LogP contribution in [0.3, 0.4) is 0 Å². The third-order valence-electron chi connectivity index (χ3n) is 2.60. The Kier molecular flexibility index (Phi) is 5.30. The van der Waals surface area contributed by atoms with Crippen molar-refractivity contribution in [2.75, 3.05) is 12.8 Å². The van der Waals surface area contributed by atoms with Crippen LogP contribution in [-0.2, 0) is 21.4 Å². The SMILES string of the molecule is Cc1ccsc1CN(C)S(=O)(=O)CCCC(=O)O. The first-order valence-corrected chi connectivity index (χ1v) is 8.00. The molecule has 0 fully saturated rings. The summed E-state index contributed by atoms with van der Waals surface area (Å²) in [6.07, 6.45) is 0.0243. The standard InChI is InChI=1S/C11H17NO4S2/c1-9-5-6-17-10(9)8-12(2)18(15,16)7-3-4-11(13)14/h5-6H,3-4,7-8H2,1-2H3,(H,13,14). The van der Waals surface area contributed by atoms with Crippen molar-refractivity contribution in [3.63, 3.8) is 0 Å². The van der Waals surface area contributed by atoms with Crippen LogP contribution in [0.25, 0.3) is 0 Å². The number of aliphatic carboxylic acids is 1. The second-order valence-corrected chi connectivity index (χ2v) is 7.29. The lowest BCUT2D eigenvalue weighted by molar-refractivity contribution is -0.137. The van der Waals surface area contributed by atoms with Crippen LogP contribution >= 0.6 is 11.3 Å². The minimum absolute atomic E-state index is 0.120. The molecule has 5 nitrogen and oxygen atoms in total. The minimum atomic E-state index is -3.37. The van der Waals surface area contributed by atoms with E-state index in [0.717, 1.165) is 10.4 Å². The molecule has 0 spiro atoms. The third kappa shape index (κ3) is 4.40. The van der Waals surface area contributed by atoms with E-state index >= 15 is 0 Å². The molecular weight excluding hydrogens is 274 g/mol. The highest BCUT2D eigenvalue weighted by molar-refractivity contribution is 7.89. The molecule has 1 rings (SSSR count). The van der Waals surface area contributed by atoms with Crippen molar-refractivity contribution in [3.8, 4) is 0 Å². The van der Waals surface area contributed by atoms with E-state index in [9.17, 15) is 13.2 Å². The zero-order valence-corrected chi connectivity index (χ0v) is 12.1. The number of carbonyl (C=O) groups is 1. The van der Waals surface area contributed by atoms with Crippen molar-refractivity contribution in [1.29, 1.82) is 0 Å². The average molecular weight is 291 g/mol. The molecule has 0 unspecified atom stereocenters. The van der Waals surface area contributed by atoms with Gasteiger partial charge in [0, 0.05) is 24.9 Å². The van der Waals surface area contributed by atoms with Gasteiger partial charge in [0.2, 0.25) is 10.0 Å². The highest BCUT2D eigenvalue weighted by Gasteiger charge is 2.19. The van der Waals surface area contributed by atoms with Crippen LogP contribution in [0.5, 0.6) is 0 Å². The van der Waals surface area contributed by atoms with Crippen LogP contribution in [0.2, 0.25) is 0 Å². The van der Waals surface area contributed by atoms with E-state index in [1.165, 1.54) is 22.7 Å². The summed E-state index contributed by atoms with van der Waals surface area (Å²) in [7, 11) is -1.85. The molecule has 18 heavy (non-hydrogen) atoms. The van der Waals surface area contributed by atoms with Gasteiger partial charge < -0.3 is 5.11 Å². The number of aryl methyl sites for hydroxylation is 1. The molecule has 0 bridgehead atoms. The second kappa shape index (κ2) is 6.31. The lowest BCUT2D eigenvalue weighted by Crippen LogP contribution is -2.29. The van der Waals surface area contributed by atoms with Crippen molar-refractivity contribution in [3.05, 3.63) is 21.9 Å². The Balaban J connectivity index is 2.57. The van der Waals surface area contributed by atoms with Crippen LogP contribution in [0.15, 0.2) is 11.4 Å². The van der Waals surface area contributed by atoms with E-state index in [4.69, 9.17) is 5.11 Å². The Bertz CT molecular complexity index is 507. The summed E-state index contributed by atoms with van der Waals surface area (Å²) in [5.41, 5.74) is 1.08. The Morgan fingerprint density at radius 1 is 1.50 bits per heavy atom. The molecule has 0 saturated carbocycles. The molecule has 0 radical (unpaired) electrons. The summed E-state index contributed by atoms with van der Waals surface area (Å²) in [5, 5.41) is 10.4. The first-order valence-electron chi connectivity index (χ1n) is 5.51. The molecule has 0 saturated heterocycles. The monoisotopic (exact) mass is 291 g/mol. The van der Waals surface area contributed by atoms with Gasteiger partial charge in [-0.2, -0.15) is 4.31 Å². The summed E-state index contributed by atoms with van der Waals surface area (Å²) in [5.74, 6) is -1.10. The first-order chi connectivity index (χ1) is 8.33. The van der Waals surface area contributed by atoms with E-state index < -0.39 is 16.0 Å². The highest BCUT2D eigenvalue weighted by Crippen LogP contribution is 2.18. The molecular formula is C11H17NO4S2. The van der Waals surface area contributed by atoms with Crippen LogP contribution in [0.4, 0.5) is 0 Å². The zero-order valence-electron chi connectivity index (χ0n) is 10.4. The summed E-state index contributed by atoms with van der Waals surface area (Å²) in [4.78, 5) is 11.4. The molecule has 7 heteroatoms. The summed E-state index contributed by atoms with van der Waals surface area (Å²) in [6, 6.07) is 1.95. The maximum absolute atomic E-state index is 11.9. The second-order valence-electron chi connectivity index (χ2n) is 4.10. The van der Waals surface area contributed by atoms with Crippen LogP contribution in [-0.4, -0.2) is 36.6 Å². The van der Waals surface area contributed by atoms with Gasteiger partial charge in [-0.1, -0.05) is 0 Å². The molecule has 1 aromatic heterocycles.